The number of alkyl halides is 3. The molecule has 1 aromatic carbocycles. The fourth-order valence-corrected chi connectivity index (χ4v) is 2.75. The van der Waals surface area contributed by atoms with Crippen molar-refractivity contribution >= 4 is 29.9 Å². The van der Waals surface area contributed by atoms with Gasteiger partial charge in [0.2, 0.25) is 0 Å². The van der Waals surface area contributed by atoms with Crippen LogP contribution in [0, 0.1) is 0 Å². The number of nitrogens with zero attached hydrogens (tertiary/aromatic N) is 1. The number of benzene rings is 1. The zero-order valence-corrected chi connectivity index (χ0v) is 16.5. The molecule has 2 rings (SSSR count). The van der Waals surface area contributed by atoms with Crippen LogP contribution in [0.3, 0.4) is 0 Å². The monoisotopic (exact) mass is 471 g/mol. The lowest BCUT2D eigenvalue weighted by atomic mass is 9.93. The van der Waals surface area contributed by atoms with E-state index in [0.717, 1.165) is 37.8 Å². The van der Waals surface area contributed by atoms with Crippen molar-refractivity contribution < 1.29 is 18.3 Å². The summed E-state index contributed by atoms with van der Waals surface area (Å²) in [6.45, 7) is 2.78. The number of guanidine groups is 1. The molecule has 8 heteroatoms. The summed E-state index contributed by atoms with van der Waals surface area (Å²) in [7, 11) is 0. The molecular formula is C17H25F3IN3O. The molecule has 0 atom stereocenters. The summed E-state index contributed by atoms with van der Waals surface area (Å²) >= 11 is 0. The van der Waals surface area contributed by atoms with Crippen molar-refractivity contribution in [1.82, 2.24) is 10.6 Å². The first-order valence-electron chi connectivity index (χ1n) is 8.27. The van der Waals surface area contributed by atoms with Gasteiger partial charge in [0.15, 0.2) is 5.96 Å². The quantitative estimate of drug-likeness (QED) is 0.357. The van der Waals surface area contributed by atoms with E-state index in [2.05, 4.69) is 15.6 Å². The maximum Gasteiger partial charge on any atom is 0.416 e. The molecule has 0 spiro atoms. The summed E-state index contributed by atoms with van der Waals surface area (Å²) in [5.41, 5.74) is -0.143. The van der Waals surface area contributed by atoms with Crippen molar-refractivity contribution in [3.63, 3.8) is 0 Å². The fraction of sp³-hybridized carbons (Fsp3) is 0.588. The third-order valence-corrected chi connectivity index (χ3v) is 4.06. The van der Waals surface area contributed by atoms with E-state index in [-0.39, 0.29) is 42.7 Å². The minimum Gasteiger partial charge on any atom is -0.393 e. The summed E-state index contributed by atoms with van der Waals surface area (Å²) in [5, 5.41) is 16.0. The van der Waals surface area contributed by atoms with E-state index in [4.69, 9.17) is 0 Å². The molecule has 0 radical (unpaired) electrons. The Balaban J connectivity index is 0.00000312. The largest absolute Gasteiger partial charge is 0.416 e. The van der Waals surface area contributed by atoms with Crippen LogP contribution in [0.5, 0.6) is 0 Å². The predicted molar refractivity (Wildman–Crippen MR) is 103 cm³/mol. The van der Waals surface area contributed by atoms with Crippen molar-refractivity contribution in [2.24, 2.45) is 4.99 Å². The topological polar surface area (TPSA) is 56.7 Å². The van der Waals surface area contributed by atoms with Crippen molar-refractivity contribution in [1.29, 1.82) is 0 Å². The summed E-state index contributed by atoms with van der Waals surface area (Å²) in [6.07, 6.45) is -1.35. The van der Waals surface area contributed by atoms with E-state index in [9.17, 15) is 18.3 Å². The van der Waals surface area contributed by atoms with Gasteiger partial charge in [0, 0.05) is 12.6 Å². The minimum atomic E-state index is -4.34. The molecule has 3 N–H and O–H groups in total. The van der Waals surface area contributed by atoms with Crippen molar-refractivity contribution in [2.75, 3.05) is 6.54 Å². The lowest BCUT2D eigenvalue weighted by molar-refractivity contribution is -0.137. The average molecular weight is 471 g/mol. The minimum absolute atomic E-state index is 0. The van der Waals surface area contributed by atoms with E-state index < -0.39 is 11.7 Å². The molecule has 0 bridgehead atoms. The maximum atomic E-state index is 12.7. The van der Waals surface area contributed by atoms with Gasteiger partial charge in [-0.1, -0.05) is 12.1 Å². The first kappa shape index (κ1) is 22.0. The van der Waals surface area contributed by atoms with E-state index >= 15 is 0 Å². The molecule has 0 aliphatic heterocycles. The average Bonchev–Trinajstić information content (AvgIpc) is 2.54. The molecule has 0 aromatic heterocycles. The normalized spacial score (nSPS) is 21.4. The number of hydrogen-bond donors (Lipinski definition) is 3. The lowest BCUT2D eigenvalue weighted by Crippen LogP contribution is -2.45. The zero-order valence-electron chi connectivity index (χ0n) is 14.1. The highest BCUT2D eigenvalue weighted by Gasteiger charge is 2.30. The van der Waals surface area contributed by atoms with Crippen LogP contribution in [0.1, 0.15) is 43.7 Å². The van der Waals surface area contributed by atoms with Gasteiger partial charge in [-0.2, -0.15) is 13.2 Å². The summed E-state index contributed by atoms with van der Waals surface area (Å²) in [6, 6.07) is 5.46. The Morgan fingerprint density at radius 3 is 2.52 bits per heavy atom. The van der Waals surface area contributed by atoms with E-state index in [1.54, 1.807) is 6.07 Å². The molecule has 0 unspecified atom stereocenters. The Morgan fingerprint density at radius 2 is 1.92 bits per heavy atom. The second-order valence-corrected chi connectivity index (χ2v) is 6.04. The van der Waals surface area contributed by atoms with Crippen molar-refractivity contribution in [3.05, 3.63) is 35.4 Å². The number of nitrogens with one attached hydrogen (secondary N) is 2. The number of aliphatic hydroxyl groups is 1. The van der Waals surface area contributed by atoms with Gasteiger partial charge in [0.1, 0.15) is 0 Å². The molecule has 1 saturated carbocycles. The molecule has 0 amide bonds. The van der Waals surface area contributed by atoms with Gasteiger partial charge >= 0.3 is 6.18 Å². The molecular weight excluding hydrogens is 446 g/mol. The van der Waals surface area contributed by atoms with E-state index in [1.165, 1.54) is 6.07 Å². The SMILES string of the molecule is CCNC(=NCc1cccc(C(F)(F)F)c1)NC1CCC(O)CC1.I. The molecule has 1 fully saturated rings. The smallest absolute Gasteiger partial charge is 0.393 e. The van der Waals surface area contributed by atoms with Crippen molar-refractivity contribution in [2.45, 2.75) is 57.5 Å². The highest BCUT2D eigenvalue weighted by atomic mass is 127. The number of halogens is 4. The number of aliphatic hydroxyl groups excluding tert-OH is 1. The Morgan fingerprint density at radius 1 is 1.24 bits per heavy atom. The Hall–Kier alpha value is -1.03. The zero-order chi connectivity index (χ0) is 17.6. The highest BCUT2D eigenvalue weighted by Crippen LogP contribution is 2.29. The maximum absolute atomic E-state index is 12.7. The molecule has 1 aromatic rings. The Kier molecular flexibility index (Phi) is 8.98. The van der Waals surface area contributed by atoms with Gasteiger partial charge in [-0.3, -0.25) is 0 Å². The molecule has 4 nitrogen and oxygen atoms in total. The number of aliphatic imine (C=N–C) groups is 1. The van der Waals surface area contributed by atoms with Crippen LogP contribution in [-0.4, -0.2) is 29.8 Å². The first-order valence-corrected chi connectivity index (χ1v) is 8.27. The van der Waals surface area contributed by atoms with Gasteiger partial charge in [0.25, 0.3) is 0 Å². The Labute approximate surface area is 163 Å². The van der Waals surface area contributed by atoms with Gasteiger partial charge in [-0.25, -0.2) is 4.99 Å². The van der Waals surface area contributed by atoms with Gasteiger partial charge in [-0.05, 0) is 50.3 Å². The molecule has 1 aliphatic carbocycles. The number of hydrogen-bond acceptors (Lipinski definition) is 2. The molecule has 25 heavy (non-hydrogen) atoms. The fourth-order valence-electron chi connectivity index (χ4n) is 2.75. The summed E-state index contributed by atoms with van der Waals surface area (Å²) < 4.78 is 38.2. The van der Waals surface area contributed by atoms with Crippen LogP contribution >= 0.6 is 24.0 Å². The third-order valence-electron chi connectivity index (χ3n) is 4.06. The van der Waals surface area contributed by atoms with Crippen LogP contribution < -0.4 is 10.6 Å². The highest BCUT2D eigenvalue weighted by molar-refractivity contribution is 14.0. The lowest BCUT2D eigenvalue weighted by Gasteiger charge is -2.27. The third kappa shape index (κ3) is 7.39. The van der Waals surface area contributed by atoms with E-state index in [1.807, 2.05) is 6.92 Å². The predicted octanol–water partition coefficient (Wildman–Crippen LogP) is 3.68. The number of rotatable bonds is 4. The second kappa shape index (κ2) is 10.2. The molecule has 0 saturated heterocycles. The summed E-state index contributed by atoms with van der Waals surface area (Å²) in [5.74, 6) is 0.594. The van der Waals surface area contributed by atoms with Crippen LogP contribution in [0.25, 0.3) is 0 Å². The Bertz CT molecular complexity index is 558. The van der Waals surface area contributed by atoms with Gasteiger partial charge < -0.3 is 15.7 Å². The molecule has 1 aliphatic rings. The van der Waals surface area contributed by atoms with Gasteiger partial charge in [0.05, 0.1) is 18.2 Å². The van der Waals surface area contributed by atoms with Crippen molar-refractivity contribution in [3.8, 4) is 0 Å². The first-order chi connectivity index (χ1) is 11.4. The molecule has 0 heterocycles. The van der Waals surface area contributed by atoms with Crippen LogP contribution in [-0.2, 0) is 12.7 Å². The standard InChI is InChI=1S/C17H24F3N3O.HI/c1-2-21-16(23-14-6-8-15(24)9-7-14)22-11-12-4-3-5-13(10-12)17(18,19)20;/h3-5,10,14-15,24H,2,6-9,11H2,1H3,(H2,21,22,23);1H. The van der Waals surface area contributed by atoms with Crippen LogP contribution in [0.4, 0.5) is 13.2 Å². The van der Waals surface area contributed by atoms with Gasteiger partial charge in [-0.15, -0.1) is 24.0 Å². The molecule has 142 valence electrons. The van der Waals surface area contributed by atoms with Crippen LogP contribution in [0.15, 0.2) is 29.3 Å². The van der Waals surface area contributed by atoms with Crippen LogP contribution in [0.2, 0.25) is 0 Å². The second-order valence-electron chi connectivity index (χ2n) is 6.04. The summed E-state index contributed by atoms with van der Waals surface area (Å²) in [4.78, 5) is 4.38. The van der Waals surface area contributed by atoms with E-state index in [0.29, 0.717) is 18.1 Å².